The van der Waals surface area contributed by atoms with Gasteiger partial charge in [-0.3, -0.25) is 9.20 Å². The summed E-state index contributed by atoms with van der Waals surface area (Å²) >= 11 is 0. The summed E-state index contributed by atoms with van der Waals surface area (Å²) in [5.74, 6) is 2.32. The van der Waals surface area contributed by atoms with Crippen LogP contribution >= 0.6 is 0 Å². The molecule has 4 heterocycles. The van der Waals surface area contributed by atoms with Crippen LogP contribution in [0.1, 0.15) is 50.3 Å². The number of nitrogen functional groups attached to an aromatic ring is 1. The number of hydrogen-bond acceptors (Lipinski definition) is 6. The summed E-state index contributed by atoms with van der Waals surface area (Å²) in [6.07, 6.45) is 9.36. The predicted octanol–water partition coefficient (Wildman–Crippen LogP) is 5.76. The van der Waals surface area contributed by atoms with Gasteiger partial charge < -0.3 is 15.8 Å². The summed E-state index contributed by atoms with van der Waals surface area (Å²) in [6, 6.07) is 20.7. The molecule has 7 rings (SSSR count). The van der Waals surface area contributed by atoms with E-state index in [-0.39, 0.29) is 12.0 Å². The minimum Gasteiger partial charge on any atom is -0.382 e. The smallest absolute Gasteiger partial charge is 0.249 e. The number of hydrogen-bond donors (Lipinski definition) is 2. The molecule has 0 spiro atoms. The molecule has 0 bridgehead atoms. The molecule has 1 aliphatic carbocycles. The van der Waals surface area contributed by atoms with Gasteiger partial charge in [0.15, 0.2) is 0 Å². The standard InChI is InChI=1S/C33H34N6O2/c34-31-30-29(25-13-12-23-14-15-26(37-27(23)19-25)22-5-2-1-3-6-22)38-32(39(30)17-16-35-31)24-10-8-21(9-11-24)20-36-33(40)28-7-4-18-41-28/h1-3,5-6,12-17,19,21,24,28H,4,7-11,18,20H2,(H2,34,35)(H,36,40). The Morgan fingerprint density at radius 1 is 0.976 bits per heavy atom. The largest absolute Gasteiger partial charge is 0.382 e. The number of carbonyl (C=O) groups is 1. The molecule has 1 saturated carbocycles. The molecule has 8 heteroatoms. The topological polar surface area (TPSA) is 107 Å². The number of nitrogens with one attached hydrogen (secondary N) is 1. The molecule has 3 aromatic heterocycles. The predicted molar refractivity (Wildman–Crippen MR) is 160 cm³/mol. The minimum atomic E-state index is -0.268. The van der Waals surface area contributed by atoms with E-state index in [1.807, 2.05) is 24.4 Å². The highest BCUT2D eigenvalue weighted by atomic mass is 16.5. The van der Waals surface area contributed by atoms with E-state index in [0.29, 0.717) is 30.8 Å². The molecule has 1 amide bonds. The Kier molecular flexibility index (Phi) is 6.84. The Hall–Kier alpha value is -4.30. The van der Waals surface area contributed by atoms with Crippen molar-refractivity contribution in [2.45, 2.75) is 50.5 Å². The SMILES string of the molecule is Nc1nccn2c(C3CCC(CNC(=O)C4CCCO4)CC3)nc(-c3ccc4ccc(-c5ccccc5)nc4c3)c12. The number of anilines is 1. The first-order valence-electron chi connectivity index (χ1n) is 14.6. The van der Waals surface area contributed by atoms with E-state index in [1.54, 1.807) is 6.20 Å². The van der Waals surface area contributed by atoms with Crippen LogP contribution < -0.4 is 11.1 Å². The molecule has 2 aromatic carbocycles. The lowest BCUT2D eigenvalue weighted by Gasteiger charge is -2.28. The average Bonchev–Trinajstić information content (AvgIpc) is 3.70. The molecular weight excluding hydrogens is 512 g/mol. The maximum absolute atomic E-state index is 12.4. The fourth-order valence-corrected chi connectivity index (χ4v) is 6.38. The van der Waals surface area contributed by atoms with E-state index < -0.39 is 0 Å². The van der Waals surface area contributed by atoms with E-state index in [0.717, 1.165) is 83.3 Å². The maximum Gasteiger partial charge on any atom is 0.249 e. The van der Waals surface area contributed by atoms with Crippen molar-refractivity contribution in [2.75, 3.05) is 18.9 Å². The van der Waals surface area contributed by atoms with Gasteiger partial charge in [0.2, 0.25) is 5.91 Å². The molecule has 1 aliphatic heterocycles. The highest BCUT2D eigenvalue weighted by molar-refractivity contribution is 5.91. The molecule has 5 aromatic rings. The van der Waals surface area contributed by atoms with Crippen LogP contribution in [0, 0.1) is 5.92 Å². The monoisotopic (exact) mass is 546 g/mol. The van der Waals surface area contributed by atoms with Crippen molar-refractivity contribution in [1.29, 1.82) is 0 Å². The summed E-state index contributed by atoms with van der Waals surface area (Å²) in [4.78, 5) is 27.0. The third kappa shape index (κ3) is 5.04. The Morgan fingerprint density at radius 3 is 2.61 bits per heavy atom. The second-order valence-electron chi connectivity index (χ2n) is 11.3. The number of imidazole rings is 1. The van der Waals surface area contributed by atoms with Crippen LogP contribution in [0.25, 0.3) is 38.9 Å². The van der Waals surface area contributed by atoms with Gasteiger partial charge in [-0.15, -0.1) is 0 Å². The lowest BCUT2D eigenvalue weighted by atomic mass is 9.81. The number of nitrogens with zero attached hydrogens (tertiary/aromatic N) is 4. The molecule has 2 fully saturated rings. The highest BCUT2D eigenvalue weighted by Crippen LogP contribution is 2.39. The van der Waals surface area contributed by atoms with Crippen LogP contribution in [0.3, 0.4) is 0 Å². The van der Waals surface area contributed by atoms with Crippen molar-refractivity contribution >= 4 is 28.1 Å². The van der Waals surface area contributed by atoms with Crippen molar-refractivity contribution in [3.63, 3.8) is 0 Å². The number of fused-ring (bicyclic) bond motifs is 2. The normalized spacial score (nSPS) is 20.9. The zero-order valence-corrected chi connectivity index (χ0v) is 23.0. The summed E-state index contributed by atoms with van der Waals surface area (Å²) in [5, 5.41) is 4.20. The average molecular weight is 547 g/mol. The molecule has 1 saturated heterocycles. The van der Waals surface area contributed by atoms with Gasteiger partial charge in [-0.25, -0.2) is 15.0 Å². The Bertz CT molecular complexity index is 1700. The number of benzene rings is 2. The number of pyridine rings is 1. The molecule has 8 nitrogen and oxygen atoms in total. The Morgan fingerprint density at radius 2 is 1.80 bits per heavy atom. The number of ether oxygens (including phenoxy) is 1. The number of nitrogens with two attached hydrogens (primary N) is 1. The van der Waals surface area contributed by atoms with Crippen molar-refractivity contribution in [3.05, 3.63) is 78.9 Å². The molecule has 1 unspecified atom stereocenters. The molecule has 3 N–H and O–H groups in total. The highest BCUT2D eigenvalue weighted by Gasteiger charge is 2.29. The molecule has 1 atom stereocenters. The molecule has 2 aliphatic rings. The van der Waals surface area contributed by atoms with E-state index in [4.69, 9.17) is 20.4 Å². The molecular formula is C33H34N6O2. The molecule has 41 heavy (non-hydrogen) atoms. The van der Waals surface area contributed by atoms with E-state index in [1.165, 1.54) is 0 Å². The summed E-state index contributed by atoms with van der Waals surface area (Å²) in [5.41, 5.74) is 12.1. The lowest BCUT2D eigenvalue weighted by Crippen LogP contribution is -2.37. The zero-order valence-electron chi connectivity index (χ0n) is 23.0. The summed E-state index contributed by atoms with van der Waals surface area (Å²) < 4.78 is 7.65. The first-order valence-corrected chi connectivity index (χ1v) is 14.6. The maximum atomic E-state index is 12.4. The third-order valence-electron chi connectivity index (χ3n) is 8.64. The summed E-state index contributed by atoms with van der Waals surface area (Å²) in [6.45, 7) is 1.40. The van der Waals surface area contributed by atoms with Gasteiger partial charge in [-0.05, 0) is 56.6 Å². The number of amides is 1. The summed E-state index contributed by atoms with van der Waals surface area (Å²) in [7, 11) is 0. The molecule has 0 radical (unpaired) electrons. The van der Waals surface area contributed by atoms with Crippen molar-refractivity contribution in [3.8, 4) is 22.5 Å². The zero-order chi connectivity index (χ0) is 27.8. The van der Waals surface area contributed by atoms with Gasteiger partial charge in [0.05, 0.1) is 11.2 Å². The van der Waals surface area contributed by atoms with Gasteiger partial charge in [0.25, 0.3) is 0 Å². The van der Waals surface area contributed by atoms with E-state index in [2.05, 4.69) is 57.2 Å². The molecule has 208 valence electrons. The van der Waals surface area contributed by atoms with Gasteiger partial charge in [-0.2, -0.15) is 0 Å². The van der Waals surface area contributed by atoms with Crippen molar-refractivity contribution in [1.82, 2.24) is 24.7 Å². The fraction of sp³-hybridized carbons (Fsp3) is 0.333. The first-order chi connectivity index (χ1) is 20.1. The minimum absolute atomic E-state index is 0.0391. The number of rotatable bonds is 6. The quantitative estimate of drug-likeness (QED) is 0.280. The van der Waals surface area contributed by atoms with Gasteiger partial charge in [0.1, 0.15) is 29.0 Å². The van der Waals surface area contributed by atoms with Crippen molar-refractivity contribution < 1.29 is 9.53 Å². The van der Waals surface area contributed by atoms with Crippen molar-refractivity contribution in [2.24, 2.45) is 5.92 Å². The van der Waals surface area contributed by atoms with Crippen LogP contribution in [0.4, 0.5) is 5.82 Å². The van der Waals surface area contributed by atoms with Gasteiger partial charge >= 0.3 is 0 Å². The van der Waals surface area contributed by atoms with E-state index in [9.17, 15) is 4.79 Å². The second kappa shape index (κ2) is 10.9. The van der Waals surface area contributed by atoms with Crippen LogP contribution in [0.2, 0.25) is 0 Å². The Labute approximate surface area is 239 Å². The van der Waals surface area contributed by atoms with Crippen LogP contribution in [-0.2, 0) is 9.53 Å². The second-order valence-corrected chi connectivity index (χ2v) is 11.3. The third-order valence-corrected chi connectivity index (χ3v) is 8.64. The van der Waals surface area contributed by atoms with Crippen LogP contribution in [-0.4, -0.2) is 44.5 Å². The van der Waals surface area contributed by atoms with Gasteiger partial charge in [0, 0.05) is 48.0 Å². The van der Waals surface area contributed by atoms with E-state index >= 15 is 0 Å². The van der Waals surface area contributed by atoms with Gasteiger partial charge in [-0.1, -0.05) is 48.5 Å². The lowest BCUT2D eigenvalue weighted by molar-refractivity contribution is -0.130. The van der Waals surface area contributed by atoms with Crippen LogP contribution in [0.15, 0.2) is 73.1 Å². The Balaban J connectivity index is 1.15. The first kappa shape index (κ1) is 25.7. The number of aromatic nitrogens is 4. The fourth-order valence-electron chi connectivity index (χ4n) is 6.38. The van der Waals surface area contributed by atoms with Crippen LogP contribution in [0.5, 0.6) is 0 Å². The number of carbonyl (C=O) groups excluding carboxylic acids is 1.